The fraction of sp³-hybridized carbons (Fsp3) is 0.250. The van der Waals surface area contributed by atoms with Gasteiger partial charge in [-0.1, -0.05) is 89.1 Å². The molecule has 0 spiro atoms. The number of halogens is 1. The fourth-order valence-corrected chi connectivity index (χ4v) is 7.46. The molecule has 0 amide bonds. The van der Waals surface area contributed by atoms with Crippen LogP contribution in [0.3, 0.4) is 0 Å². The Morgan fingerprint density at radius 3 is 2.56 bits per heavy atom. The molecule has 1 aliphatic heterocycles. The quantitative estimate of drug-likeness (QED) is 0.163. The number of ether oxygens (including phenoxy) is 2. The van der Waals surface area contributed by atoms with E-state index in [1.54, 1.807) is 18.6 Å². The number of carbonyl (C=O) groups excluding carboxylic acids is 1. The highest BCUT2D eigenvalue weighted by Gasteiger charge is 2.36. The molecule has 0 unspecified atom stereocenters. The van der Waals surface area contributed by atoms with Crippen LogP contribution in [-0.2, 0) is 16.1 Å². The van der Waals surface area contributed by atoms with Crippen molar-refractivity contribution in [2.45, 2.75) is 46.2 Å². The Balaban J connectivity index is 1.61. The van der Waals surface area contributed by atoms with Crippen molar-refractivity contribution in [1.29, 1.82) is 0 Å². The third-order valence-corrected chi connectivity index (χ3v) is 9.59. The van der Waals surface area contributed by atoms with Crippen molar-refractivity contribution >= 4 is 50.2 Å². The largest absolute Gasteiger partial charge is 0.496 e. The Morgan fingerprint density at radius 2 is 1.82 bits per heavy atom. The van der Waals surface area contributed by atoms with Gasteiger partial charge in [0.15, 0.2) is 4.80 Å². The summed E-state index contributed by atoms with van der Waals surface area (Å²) >= 11 is 4.93. The van der Waals surface area contributed by atoms with E-state index in [4.69, 9.17) is 14.5 Å². The van der Waals surface area contributed by atoms with Crippen LogP contribution in [0.25, 0.3) is 17.0 Å². The van der Waals surface area contributed by atoms with Crippen LogP contribution < -0.4 is 19.6 Å². The molecule has 1 atom stereocenters. The Labute approximate surface area is 273 Å². The standard InChI is InChI=1S/C36H34BrN3O4S/c1-5-12-28-32(35(42)44-6-2)33(27-19-24(37)17-18-30(27)43-4)40-34(41)31(45-36(40)38-28)20-26-22(3)39(21-23-13-8-7-9-14-23)29-16-11-10-15-25(26)29/h7-11,13-20,33H,5-6,12,21H2,1-4H3/b31-20+/t33-/m1/s1. The molecule has 0 radical (unpaired) electrons. The number of allylic oxidation sites excluding steroid dienone is 1. The maximum absolute atomic E-state index is 14.5. The number of rotatable bonds is 9. The molecule has 0 aliphatic carbocycles. The molecule has 3 heterocycles. The number of carbonyl (C=O) groups is 1. The molecule has 0 bridgehead atoms. The van der Waals surface area contributed by atoms with Gasteiger partial charge in [-0.15, -0.1) is 0 Å². The average molecular weight is 685 g/mol. The second kappa shape index (κ2) is 13.0. The lowest BCUT2D eigenvalue weighted by atomic mass is 9.93. The minimum atomic E-state index is -0.767. The minimum absolute atomic E-state index is 0.209. The van der Waals surface area contributed by atoms with E-state index in [1.165, 1.54) is 16.9 Å². The Bertz CT molecular complexity index is 2130. The van der Waals surface area contributed by atoms with Crippen molar-refractivity contribution in [1.82, 2.24) is 9.13 Å². The molecule has 5 aromatic rings. The summed E-state index contributed by atoms with van der Waals surface area (Å²) in [5.41, 5.74) is 5.81. The lowest BCUT2D eigenvalue weighted by Gasteiger charge is -2.27. The SMILES string of the molecule is CCCC1=C(C(=O)OCC)[C@@H](c2cc(Br)ccc2OC)n2c(s/c(=C/c3c(C)n(Cc4ccccc4)c4ccccc34)c2=O)=N1. The number of aromatic nitrogens is 2. The van der Waals surface area contributed by atoms with Gasteiger partial charge in [-0.25, -0.2) is 9.79 Å². The molecule has 7 nitrogen and oxygen atoms in total. The van der Waals surface area contributed by atoms with Crippen LogP contribution >= 0.6 is 27.3 Å². The van der Waals surface area contributed by atoms with Gasteiger partial charge in [-0.2, -0.15) is 0 Å². The average Bonchev–Trinajstić information content (AvgIpc) is 3.49. The summed E-state index contributed by atoms with van der Waals surface area (Å²) in [6.07, 6.45) is 3.32. The Hall–Kier alpha value is -4.21. The monoisotopic (exact) mass is 683 g/mol. The lowest BCUT2D eigenvalue weighted by Crippen LogP contribution is -2.40. The number of esters is 1. The first-order valence-electron chi connectivity index (χ1n) is 15.0. The van der Waals surface area contributed by atoms with E-state index >= 15 is 0 Å². The molecule has 0 saturated heterocycles. The first-order chi connectivity index (χ1) is 21.9. The highest BCUT2D eigenvalue weighted by atomic mass is 79.9. The van der Waals surface area contributed by atoms with E-state index < -0.39 is 12.0 Å². The highest BCUT2D eigenvalue weighted by Crippen LogP contribution is 2.38. The van der Waals surface area contributed by atoms with E-state index in [-0.39, 0.29) is 12.2 Å². The Morgan fingerprint density at radius 1 is 1.07 bits per heavy atom. The molecule has 1 aliphatic rings. The van der Waals surface area contributed by atoms with E-state index in [0.29, 0.717) is 44.9 Å². The fourth-order valence-electron chi connectivity index (χ4n) is 6.07. The van der Waals surface area contributed by atoms with Crippen LogP contribution in [0.5, 0.6) is 5.75 Å². The Kier molecular flexibility index (Phi) is 8.92. The molecular weight excluding hydrogens is 650 g/mol. The first-order valence-corrected chi connectivity index (χ1v) is 16.6. The normalized spacial score (nSPS) is 14.9. The van der Waals surface area contributed by atoms with Gasteiger partial charge in [0.1, 0.15) is 11.8 Å². The molecule has 45 heavy (non-hydrogen) atoms. The second-order valence-corrected chi connectivity index (χ2v) is 12.8. The molecule has 9 heteroatoms. The third-order valence-electron chi connectivity index (χ3n) is 8.12. The van der Waals surface area contributed by atoms with Crippen LogP contribution in [0.4, 0.5) is 0 Å². The van der Waals surface area contributed by atoms with Crippen molar-refractivity contribution in [3.8, 4) is 5.75 Å². The van der Waals surface area contributed by atoms with E-state index in [9.17, 15) is 9.59 Å². The summed E-state index contributed by atoms with van der Waals surface area (Å²) in [4.78, 5) is 33.5. The summed E-state index contributed by atoms with van der Waals surface area (Å²) in [7, 11) is 1.59. The van der Waals surface area contributed by atoms with Crippen molar-refractivity contribution in [2.24, 2.45) is 4.99 Å². The molecule has 230 valence electrons. The van der Waals surface area contributed by atoms with Gasteiger partial charge < -0.3 is 14.0 Å². The van der Waals surface area contributed by atoms with Crippen LogP contribution in [0.2, 0.25) is 0 Å². The summed E-state index contributed by atoms with van der Waals surface area (Å²) in [6.45, 7) is 6.84. The molecule has 3 aromatic carbocycles. The van der Waals surface area contributed by atoms with Crippen LogP contribution in [0, 0.1) is 6.92 Å². The number of hydrogen-bond acceptors (Lipinski definition) is 6. The number of fused-ring (bicyclic) bond motifs is 2. The van der Waals surface area contributed by atoms with Gasteiger partial charge in [0.05, 0.1) is 29.5 Å². The maximum atomic E-state index is 14.5. The lowest BCUT2D eigenvalue weighted by molar-refractivity contribution is -0.139. The number of thiazole rings is 1. The molecular formula is C36H34BrN3O4S. The van der Waals surface area contributed by atoms with E-state index in [0.717, 1.165) is 33.1 Å². The summed E-state index contributed by atoms with van der Waals surface area (Å²) in [6, 6.07) is 23.5. The summed E-state index contributed by atoms with van der Waals surface area (Å²) in [5, 5.41) is 1.07. The van der Waals surface area contributed by atoms with E-state index in [1.807, 2.05) is 61.5 Å². The molecule has 6 rings (SSSR count). The molecule has 2 aromatic heterocycles. The maximum Gasteiger partial charge on any atom is 0.338 e. The van der Waals surface area contributed by atoms with Crippen molar-refractivity contribution in [3.63, 3.8) is 0 Å². The zero-order chi connectivity index (χ0) is 31.7. The summed E-state index contributed by atoms with van der Waals surface area (Å²) < 4.78 is 16.6. The van der Waals surface area contributed by atoms with Gasteiger partial charge in [-0.3, -0.25) is 9.36 Å². The third kappa shape index (κ3) is 5.71. The van der Waals surface area contributed by atoms with Gasteiger partial charge in [0, 0.05) is 38.7 Å². The first kappa shape index (κ1) is 30.8. The zero-order valence-corrected chi connectivity index (χ0v) is 28.1. The topological polar surface area (TPSA) is 74.8 Å². The highest BCUT2D eigenvalue weighted by molar-refractivity contribution is 9.10. The van der Waals surface area contributed by atoms with Gasteiger partial charge in [0.25, 0.3) is 5.56 Å². The smallest absolute Gasteiger partial charge is 0.338 e. The van der Waals surface area contributed by atoms with Gasteiger partial charge in [-0.05, 0) is 56.2 Å². The van der Waals surface area contributed by atoms with Crippen LogP contribution in [0.15, 0.2) is 98.3 Å². The zero-order valence-electron chi connectivity index (χ0n) is 25.7. The molecule has 0 saturated carbocycles. The van der Waals surface area contributed by atoms with Crippen LogP contribution in [-0.4, -0.2) is 28.8 Å². The van der Waals surface area contributed by atoms with E-state index in [2.05, 4.69) is 51.7 Å². The number of hydrogen-bond donors (Lipinski definition) is 0. The van der Waals surface area contributed by atoms with Crippen molar-refractivity contribution < 1.29 is 14.3 Å². The van der Waals surface area contributed by atoms with Gasteiger partial charge in [0.2, 0.25) is 0 Å². The minimum Gasteiger partial charge on any atom is -0.496 e. The predicted molar refractivity (Wildman–Crippen MR) is 183 cm³/mol. The second-order valence-electron chi connectivity index (χ2n) is 10.9. The van der Waals surface area contributed by atoms with Crippen molar-refractivity contribution in [3.05, 3.63) is 131 Å². The summed E-state index contributed by atoms with van der Waals surface area (Å²) in [5.74, 6) is 0.0861. The number of para-hydroxylation sites is 1. The van der Waals surface area contributed by atoms with Crippen molar-refractivity contribution in [2.75, 3.05) is 13.7 Å². The predicted octanol–water partition coefficient (Wildman–Crippen LogP) is 6.66. The number of methoxy groups -OCH3 is 1. The van der Waals surface area contributed by atoms with Gasteiger partial charge >= 0.3 is 5.97 Å². The number of benzene rings is 3. The van der Waals surface area contributed by atoms with Crippen LogP contribution in [0.1, 0.15) is 55.1 Å². The molecule has 0 N–H and O–H groups in total. The number of nitrogens with zero attached hydrogens (tertiary/aromatic N) is 3. The molecule has 0 fully saturated rings.